The molecule has 0 aromatic carbocycles. The molecular formula is C6H11ClNO2-. The van der Waals surface area contributed by atoms with Gasteiger partial charge in [0.15, 0.2) is 0 Å². The highest BCUT2D eigenvalue weighted by molar-refractivity contribution is 6.15. The molecule has 3 nitrogen and oxygen atoms in total. The topological polar surface area (TPSA) is 43.4 Å². The number of nitrogens with zero attached hydrogens (tertiary/aromatic N) is 1. The summed E-state index contributed by atoms with van der Waals surface area (Å²) in [5, 5.41) is 9.89. The summed E-state index contributed by atoms with van der Waals surface area (Å²) in [6.45, 7) is 3.22. The number of rotatable bonds is 2. The van der Waals surface area contributed by atoms with Crippen LogP contribution in [-0.2, 0) is 4.79 Å². The highest BCUT2D eigenvalue weighted by atomic mass is 35.5. The van der Waals surface area contributed by atoms with Crippen LogP contribution in [-0.4, -0.2) is 31.3 Å². The number of likely N-dealkylation sites (N-methyl/N-ethyl adjacent to an activating group) is 1. The number of carbonyl (C=O) groups excluding carboxylic acids is 1. The van der Waals surface area contributed by atoms with Crippen LogP contribution in [0.1, 0.15) is 0 Å². The smallest absolute Gasteiger partial charge is 0.0870 e. The van der Waals surface area contributed by atoms with Crippen LogP contribution in [0.25, 0.3) is 0 Å². The predicted molar refractivity (Wildman–Crippen MR) is 39.6 cm³/mol. The van der Waals surface area contributed by atoms with Gasteiger partial charge in [-0.15, -0.1) is 11.6 Å². The number of carbonyl (C=O) groups is 1. The number of carboxylic acids is 1. The molecule has 0 unspecified atom stereocenters. The largest absolute Gasteiger partial charge is 0.543 e. The predicted octanol–water partition coefficient (Wildman–Crippen LogP) is -0.333. The minimum absolute atomic E-state index is 0.00926. The van der Waals surface area contributed by atoms with Crippen molar-refractivity contribution in [3.63, 3.8) is 0 Å². The van der Waals surface area contributed by atoms with Crippen LogP contribution in [0.5, 0.6) is 0 Å². The van der Waals surface area contributed by atoms with Crippen molar-refractivity contribution in [1.29, 1.82) is 0 Å². The first-order valence-electron chi connectivity index (χ1n) is 2.51. The zero-order valence-electron chi connectivity index (χ0n) is 6.35. The van der Waals surface area contributed by atoms with Gasteiger partial charge in [-0.2, -0.15) is 0 Å². The molecule has 0 aromatic rings. The molecule has 0 aliphatic carbocycles. The molecule has 0 radical (unpaired) electrons. The maximum atomic E-state index is 9.89. The van der Waals surface area contributed by atoms with Crippen LogP contribution < -0.4 is 5.11 Å². The van der Waals surface area contributed by atoms with E-state index in [-0.39, 0.29) is 5.70 Å². The molecule has 0 aromatic heterocycles. The van der Waals surface area contributed by atoms with E-state index in [1.807, 2.05) is 0 Å². The molecule has 0 atom stereocenters. The third-order valence-corrected chi connectivity index (χ3v) is 0.775. The van der Waals surface area contributed by atoms with Crippen molar-refractivity contribution in [1.82, 2.24) is 4.90 Å². The van der Waals surface area contributed by atoms with Crippen molar-refractivity contribution in [2.24, 2.45) is 0 Å². The quantitative estimate of drug-likeness (QED) is 0.415. The van der Waals surface area contributed by atoms with Crippen LogP contribution in [0.15, 0.2) is 12.3 Å². The van der Waals surface area contributed by atoms with E-state index < -0.39 is 5.97 Å². The average Bonchev–Trinajstić information content (AvgIpc) is 1.90. The number of halogens is 1. The molecule has 0 aliphatic rings. The van der Waals surface area contributed by atoms with Crippen molar-refractivity contribution in [2.75, 3.05) is 20.5 Å². The van der Waals surface area contributed by atoms with Gasteiger partial charge < -0.3 is 14.8 Å². The third kappa shape index (κ3) is 5.44. The molecule has 0 aliphatic heterocycles. The van der Waals surface area contributed by atoms with Gasteiger partial charge in [-0.1, -0.05) is 6.58 Å². The Labute approximate surface area is 65.9 Å². The van der Waals surface area contributed by atoms with Crippen molar-refractivity contribution in [3.8, 4) is 0 Å². The lowest BCUT2D eigenvalue weighted by molar-refractivity contribution is -0.300. The monoisotopic (exact) mass is 164 g/mol. The zero-order valence-corrected chi connectivity index (χ0v) is 7.10. The van der Waals surface area contributed by atoms with Gasteiger partial charge in [0.25, 0.3) is 0 Å². The molecule has 0 saturated carbocycles. The molecule has 0 spiro atoms. The van der Waals surface area contributed by atoms with E-state index in [0.717, 1.165) is 0 Å². The molecule has 0 N–H and O–H groups in total. The van der Waals surface area contributed by atoms with Crippen LogP contribution in [0.4, 0.5) is 0 Å². The summed E-state index contributed by atoms with van der Waals surface area (Å²) in [4.78, 5) is 11.3. The highest BCUT2D eigenvalue weighted by Gasteiger charge is 1.92. The first-order valence-corrected chi connectivity index (χ1v) is 3.26. The Kier molecular flexibility index (Phi) is 7.72. The summed E-state index contributed by atoms with van der Waals surface area (Å²) < 4.78 is 0. The van der Waals surface area contributed by atoms with Crippen molar-refractivity contribution >= 4 is 17.6 Å². The first kappa shape index (κ1) is 12.0. The molecule has 0 amide bonds. The fraction of sp³-hybridized carbons (Fsp3) is 0.500. The fourth-order valence-corrected chi connectivity index (χ4v) is 0.183. The Bertz CT molecular complexity index is 123. The Morgan fingerprint density at radius 3 is 1.80 bits per heavy atom. The maximum absolute atomic E-state index is 9.89. The molecule has 60 valence electrons. The number of aliphatic carboxylic acids is 1. The zero-order chi connectivity index (χ0) is 8.73. The minimum Gasteiger partial charge on any atom is -0.543 e. The first-order chi connectivity index (χ1) is 4.55. The Balaban J connectivity index is 0. The highest BCUT2D eigenvalue weighted by Crippen LogP contribution is 1.88. The Morgan fingerprint density at radius 1 is 1.50 bits per heavy atom. The molecule has 0 fully saturated rings. The minimum atomic E-state index is -1.23. The van der Waals surface area contributed by atoms with Crippen LogP contribution in [0, 0.1) is 0 Å². The van der Waals surface area contributed by atoms with Gasteiger partial charge in [0.2, 0.25) is 0 Å². The van der Waals surface area contributed by atoms with Crippen molar-refractivity contribution in [3.05, 3.63) is 12.3 Å². The normalized spacial score (nSPS) is 7.20. The van der Waals surface area contributed by atoms with Gasteiger partial charge in [-0.3, -0.25) is 0 Å². The van der Waals surface area contributed by atoms with E-state index in [2.05, 4.69) is 18.2 Å². The van der Waals surface area contributed by atoms with Crippen LogP contribution >= 0.6 is 11.6 Å². The van der Waals surface area contributed by atoms with E-state index in [4.69, 9.17) is 0 Å². The van der Waals surface area contributed by atoms with Gasteiger partial charge in [0.1, 0.15) is 0 Å². The summed E-state index contributed by atoms with van der Waals surface area (Å²) in [6.07, 6.45) is 1.47. The van der Waals surface area contributed by atoms with Gasteiger partial charge in [0, 0.05) is 20.5 Å². The van der Waals surface area contributed by atoms with Crippen LogP contribution in [0.3, 0.4) is 0 Å². The molecule has 0 heterocycles. The third-order valence-electron chi connectivity index (χ3n) is 0.775. The molecular weight excluding hydrogens is 154 g/mol. The van der Waals surface area contributed by atoms with Gasteiger partial charge in [-0.05, 0) is 0 Å². The average molecular weight is 165 g/mol. The van der Waals surface area contributed by atoms with E-state index in [0.29, 0.717) is 0 Å². The lowest BCUT2D eigenvalue weighted by Gasteiger charge is -2.15. The molecule has 4 heteroatoms. The van der Waals surface area contributed by atoms with Gasteiger partial charge in [-0.25, -0.2) is 0 Å². The molecule has 0 saturated heterocycles. The second-order valence-electron chi connectivity index (χ2n) is 1.63. The van der Waals surface area contributed by atoms with E-state index in [1.165, 1.54) is 11.3 Å². The fourth-order valence-electron chi connectivity index (χ4n) is 0.183. The van der Waals surface area contributed by atoms with E-state index >= 15 is 0 Å². The lowest BCUT2D eigenvalue weighted by Crippen LogP contribution is -2.30. The molecule has 10 heavy (non-hydrogen) atoms. The standard InChI is InChI=1S/C5H9NO2.CH3Cl/c1-4(5(7)8)6(2)3;1-2/h1H2,2-3H3,(H,7,8);1H3/p-1. The number of carboxylic acid groups (broad SMARTS) is 1. The number of hydrogen-bond acceptors (Lipinski definition) is 3. The van der Waals surface area contributed by atoms with E-state index in [9.17, 15) is 9.90 Å². The number of hydrogen-bond donors (Lipinski definition) is 0. The van der Waals surface area contributed by atoms with E-state index in [1.54, 1.807) is 14.1 Å². The van der Waals surface area contributed by atoms with Crippen molar-refractivity contribution < 1.29 is 9.90 Å². The second-order valence-corrected chi connectivity index (χ2v) is 1.63. The SMILES string of the molecule is C=C(C(=O)[O-])N(C)C.CCl. The maximum Gasteiger partial charge on any atom is 0.0870 e. The Hall–Kier alpha value is -0.700. The van der Waals surface area contributed by atoms with Crippen LogP contribution in [0.2, 0.25) is 0 Å². The summed E-state index contributed by atoms with van der Waals surface area (Å²) in [6, 6.07) is 0. The molecule has 0 bridgehead atoms. The summed E-state index contributed by atoms with van der Waals surface area (Å²) >= 11 is 4.64. The second kappa shape index (κ2) is 6.42. The van der Waals surface area contributed by atoms with Gasteiger partial charge >= 0.3 is 0 Å². The lowest BCUT2D eigenvalue weighted by atomic mass is 10.5. The van der Waals surface area contributed by atoms with Gasteiger partial charge in [0.05, 0.1) is 11.7 Å². The number of alkyl halides is 1. The summed E-state index contributed by atoms with van der Waals surface area (Å²) in [7, 11) is 3.19. The summed E-state index contributed by atoms with van der Waals surface area (Å²) in [5.41, 5.74) is -0.00926. The molecule has 0 rings (SSSR count). The van der Waals surface area contributed by atoms with Crippen molar-refractivity contribution in [2.45, 2.75) is 0 Å². The Morgan fingerprint density at radius 2 is 1.80 bits per heavy atom. The summed E-state index contributed by atoms with van der Waals surface area (Å²) in [5.74, 6) is -1.23.